The Morgan fingerprint density at radius 1 is 1.41 bits per heavy atom. The standard InChI is InChI=1S/C14H21FN2O3S2/c1-3-22(19,20)17-13(7-8-21-2)14(18)16-10-11-5-4-6-12(15)9-11/h4-6,9,13,17H,3,7-8,10H2,1-2H3,(H,16,18)/t13-/m0/s1. The third-order valence-electron chi connectivity index (χ3n) is 2.98. The molecule has 0 saturated heterocycles. The zero-order chi connectivity index (χ0) is 16.6. The molecule has 0 aliphatic heterocycles. The first-order valence-corrected chi connectivity index (χ1v) is 9.93. The Bertz CT molecular complexity index is 594. The van der Waals surface area contributed by atoms with Crippen LogP contribution in [0.1, 0.15) is 18.9 Å². The van der Waals surface area contributed by atoms with Gasteiger partial charge in [-0.25, -0.2) is 17.5 Å². The number of sulfonamides is 1. The molecule has 0 spiro atoms. The quantitative estimate of drug-likeness (QED) is 0.709. The van der Waals surface area contributed by atoms with E-state index in [1.807, 2.05) is 6.26 Å². The van der Waals surface area contributed by atoms with Crippen LogP contribution in [-0.4, -0.2) is 38.1 Å². The maximum absolute atomic E-state index is 13.1. The molecule has 1 atom stereocenters. The van der Waals surface area contributed by atoms with Crippen LogP contribution in [-0.2, 0) is 21.4 Å². The number of carbonyl (C=O) groups is 1. The number of halogens is 1. The summed E-state index contributed by atoms with van der Waals surface area (Å²) in [6, 6.07) is 5.08. The molecule has 0 unspecified atom stereocenters. The maximum atomic E-state index is 13.1. The molecule has 1 aromatic rings. The summed E-state index contributed by atoms with van der Waals surface area (Å²) < 4.78 is 38.8. The molecule has 0 bridgehead atoms. The highest BCUT2D eigenvalue weighted by Gasteiger charge is 2.22. The van der Waals surface area contributed by atoms with Crippen molar-refractivity contribution in [1.29, 1.82) is 0 Å². The number of carbonyl (C=O) groups excluding carboxylic acids is 1. The first-order valence-electron chi connectivity index (χ1n) is 6.89. The molecule has 0 saturated carbocycles. The number of hydrogen-bond acceptors (Lipinski definition) is 4. The minimum Gasteiger partial charge on any atom is -0.351 e. The van der Waals surface area contributed by atoms with Crippen LogP contribution in [0.5, 0.6) is 0 Å². The van der Waals surface area contributed by atoms with E-state index >= 15 is 0 Å². The number of rotatable bonds is 9. The third-order valence-corrected chi connectivity index (χ3v) is 5.03. The van der Waals surface area contributed by atoms with Crippen molar-refractivity contribution in [2.24, 2.45) is 0 Å². The van der Waals surface area contributed by atoms with Crippen molar-refractivity contribution < 1.29 is 17.6 Å². The van der Waals surface area contributed by atoms with Gasteiger partial charge in [-0.05, 0) is 43.0 Å². The van der Waals surface area contributed by atoms with Crippen molar-refractivity contribution >= 4 is 27.7 Å². The topological polar surface area (TPSA) is 75.3 Å². The first-order chi connectivity index (χ1) is 10.4. The molecule has 0 aliphatic carbocycles. The smallest absolute Gasteiger partial charge is 0.238 e. The molecule has 124 valence electrons. The van der Waals surface area contributed by atoms with Crippen LogP contribution in [0.3, 0.4) is 0 Å². The second-order valence-corrected chi connectivity index (χ2v) is 7.73. The van der Waals surface area contributed by atoms with Crippen LogP contribution < -0.4 is 10.0 Å². The lowest BCUT2D eigenvalue weighted by Gasteiger charge is -2.17. The number of nitrogens with one attached hydrogen (secondary N) is 2. The molecule has 1 aromatic carbocycles. The lowest BCUT2D eigenvalue weighted by Crippen LogP contribution is -2.47. The fraction of sp³-hybridized carbons (Fsp3) is 0.500. The van der Waals surface area contributed by atoms with Gasteiger partial charge in [0, 0.05) is 6.54 Å². The van der Waals surface area contributed by atoms with Crippen LogP contribution in [0, 0.1) is 5.82 Å². The van der Waals surface area contributed by atoms with Gasteiger partial charge in [0.15, 0.2) is 0 Å². The van der Waals surface area contributed by atoms with Crippen molar-refractivity contribution in [3.63, 3.8) is 0 Å². The molecule has 2 N–H and O–H groups in total. The summed E-state index contributed by atoms with van der Waals surface area (Å²) >= 11 is 1.53. The number of benzene rings is 1. The first kappa shape index (κ1) is 18.9. The van der Waals surface area contributed by atoms with Crippen molar-refractivity contribution in [3.05, 3.63) is 35.6 Å². The van der Waals surface area contributed by atoms with Gasteiger partial charge in [-0.1, -0.05) is 12.1 Å². The zero-order valence-corrected chi connectivity index (χ0v) is 14.3. The Labute approximate surface area is 135 Å². The molecule has 0 aliphatic rings. The normalized spacial score (nSPS) is 12.9. The van der Waals surface area contributed by atoms with Crippen LogP contribution in [0.15, 0.2) is 24.3 Å². The number of thioether (sulfide) groups is 1. The van der Waals surface area contributed by atoms with E-state index in [2.05, 4.69) is 10.0 Å². The molecule has 1 rings (SSSR count). The molecule has 0 fully saturated rings. The summed E-state index contributed by atoms with van der Waals surface area (Å²) in [6.45, 7) is 1.67. The largest absolute Gasteiger partial charge is 0.351 e. The second-order valence-electron chi connectivity index (χ2n) is 4.70. The molecule has 8 heteroatoms. The maximum Gasteiger partial charge on any atom is 0.238 e. The third kappa shape index (κ3) is 6.76. The van der Waals surface area contributed by atoms with Gasteiger partial charge in [-0.2, -0.15) is 11.8 Å². The lowest BCUT2D eigenvalue weighted by atomic mass is 10.2. The van der Waals surface area contributed by atoms with E-state index in [-0.39, 0.29) is 18.1 Å². The van der Waals surface area contributed by atoms with Gasteiger partial charge in [0.25, 0.3) is 0 Å². The molecular weight excluding hydrogens is 327 g/mol. The molecule has 1 amide bonds. The van der Waals surface area contributed by atoms with Gasteiger partial charge in [-0.3, -0.25) is 4.79 Å². The Balaban J connectivity index is 2.66. The van der Waals surface area contributed by atoms with Gasteiger partial charge < -0.3 is 5.32 Å². The van der Waals surface area contributed by atoms with Crippen LogP contribution >= 0.6 is 11.8 Å². The SMILES string of the molecule is CCS(=O)(=O)N[C@@H](CCSC)C(=O)NCc1cccc(F)c1. The average molecular weight is 348 g/mol. The van der Waals surface area contributed by atoms with Gasteiger partial charge in [-0.15, -0.1) is 0 Å². The monoisotopic (exact) mass is 348 g/mol. The number of amides is 1. The zero-order valence-electron chi connectivity index (χ0n) is 12.6. The molecule has 0 radical (unpaired) electrons. The van der Waals surface area contributed by atoms with Crippen molar-refractivity contribution in [2.45, 2.75) is 25.9 Å². The van der Waals surface area contributed by atoms with E-state index in [4.69, 9.17) is 0 Å². The fourth-order valence-electron chi connectivity index (χ4n) is 1.74. The average Bonchev–Trinajstić information content (AvgIpc) is 2.49. The molecule has 5 nitrogen and oxygen atoms in total. The van der Waals surface area contributed by atoms with Crippen molar-refractivity contribution in [1.82, 2.24) is 10.0 Å². The summed E-state index contributed by atoms with van der Waals surface area (Å²) in [5.74, 6) is -0.211. The fourth-order valence-corrected chi connectivity index (χ4v) is 3.04. The molecule has 0 aromatic heterocycles. The predicted octanol–water partition coefficient (Wildman–Crippen LogP) is 1.50. The predicted molar refractivity (Wildman–Crippen MR) is 87.6 cm³/mol. The summed E-state index contributed by atoms with van der Waals surface area (Å²) in [6.07, 6.45) is 2.28. The van der Waals surface area contributed by atoms with Gasteiger partial charge in [0.2, 0.25) is 15.9 Å². The summed E-state index contributed by atoms with van der Waals surface area (Å²) in [4.78, 5) is 12.2. The van der Waals surface area contributed by atoms with E-state index < -0.39 is 22.0 Å². The lowest BCUT2D eigenvalue weighted by molar-refractivity contribution is -0.122. The Kier molecular flexibility index (Phi) is 7.84. The van der Waals surface area contributed by atoms with Crippen LogP contribution in [0.4, 0.5) is 4.39 Å². The van der Waals surface area contributed by atoms with Gasteiger partial charge in [0.05, 0.1) is 5.75 Å². The minimum atomic E-state index is -3.46. The van der Waals surface area contributed by atoms with Crippen molar-refractivity contribution in [2.75, 3.05) is 17.8 Å². The summed E-state index contributed by atoms with van der Waals surface area (Å²) in [5.41, 5.74) is 0.621. The van der Waals surface area contributed by atoms with E-state index in [1.165, 1.54) is 30.8 Å². The van der Waals surface area contributed by atoms with Crippen LogP contribution in [0.25, 0.3) is 0 Å². The van der Waals surface area contributed by atoms with Crippen molar-refractivity contribution in [3.8, 4) is 0 Å². The second kappa shape index (κ2) is 9.12. The highest BCUT2D eigenvalue weighted by molar-refractivity contribution is 7.98. The van der Waals surface area contributed by atoms with E-state index in [0.29, 0.717) is 17.7 Å². The van der Waals surface area contributed by atoms with E-state index in [0.717, 1.165) is 0 Å². The highest BCUT2D eigenvalue weighted by Crippen LogP contribution is 2.05. The van der Waals surface area contributed by atoms with Gasteiger partial charge >= 0.3 is 0 Å². The minimum absolute atomic E-state index is 0.0834. The Morgan fingerprint density at radius 3 is 2.73 bits per heavy atom. The molecular formula is C14H21FN2O3S2. The van der Waals surface area contributed by atoms with Crippen LogP contribution in [0.2, 0.25) is 0 Å². The highest BCUT2D eigenvalue weighted by atomic mass is 32.2. The Hall–Kier alpha value is -1.12. The molecule has 0 heterocycles. The number of hydrogen-bond donors (Lipinski definition) is 2. The van der Waals surface area contributed by atoms with E-state index in [9.17, 15) is 17.6 Å². The Morgan fingerprint density at radius 2 is 2.14 bits per heavy atom. The molecule has 22 heavy (non-hydrogen) atoms. The van der Waals surface area contributed by atoms with E-state index in [1.54, 1.807) is 12.1 Å². The summed E-state index contributed by atoms with van der Waals surface area (Å²) in [7, 11) is -3.46. The van der Waals surface area contributed by atoms with Gasteiger partial charge in [0.1, 0.15) is 11.9 Å². The summed E-state index contributed by atoms with van der Waals surface area (Å²) in [5, 5.41) is 2.64.